The van der Waals surface area contributed by atoms with Crippen molar-refractivity contribution in [3.63, 3.8) is 0 Å². The number of Topliss-reactive ketones (excluding diaryl/α,β-unsaturated/α-hetero) is 2. The highest BCUT2D eigenvalue weighted by molar-refractivity contribution is 6.42. The maximum absolute atomic E-state index is 12.5. The van der Waals surface area contributed by atoms with Crippen LogP contribution in [0.3, 0.4) is 0 Å². The van der Waals surface area contributed by atoms with Gasteiger partial charge in [0.05, 0.1) is 20.1 Å². The molecule has 0 fully saturated rings. The van der Waals surface area contributed by atoms with E-state index in [9.17, 15) is 9.59 Å². The van der Waals surface area contributed by atoms with Crippen molar-refractivity contribution in [2.45, 2.75) is 13.1 Å². The molecule has 0 bridgehead atoms. The third kappa shape index (κ3) is 5.83. The molecular weight excluding hydrogens is 514 g/mol. The van der Waals surface area contributed by atoms with Crippen molar-refractivity contribution in [3.8, 4) is 11.1 Å². The number of aromatic nitrogens is 2. The second-order valence-corrected chi connectivity index (χ2v) is 9.25. The predicted octanol–water partition coefficient (Wildman–Crippen LogP) is 6.31. The summed E-state index contributed by atoms with van der Waals surface area (Å²) in [5.41, 5.74) is 2.99. The molecule has 0 unspecified atom stereocenters. The van der Waals surface area contributed by atoms with Crippen molar-refractivity contribution in [3.05, 3.63) is 117 Å². The van der Waals surface area contributed by atoms with E-state index in [0.717, 1.165) is 11.1 Å². The number of carbonyl (C=O) groups is 2. The quantitative estimate of drug-likeness (QED) is 0.207. The van der Waals surface area contributed by atoms with Crippen molar-refractivity contribution in [1.29, 1.82) is 0 Å². The molecule has 2 aromatic heterocycles. The zero-order chi connectivity index (χ0) is 24.2. The molecule has 0 saturated heterocycles. The molecule has 0 aliphatic heterocycles. The predicted molar refractivity (Wildman–Crippen MR) is 134 cm³/mol. The van der Waals surface area contributed by atoms with Gasteiger partial charge in [-0.1, -0.05) is 46.4 Å². The smallest absolute Gasteiger partial charge is 0.227 e. The molecule has 2 aromatic carbocycles. The molecule has 0 aliphatic rings. The van der Waals surface area contributed by atoms with Gasteiger partial charge in [-0.15, -0.1) is 0 Å². The Kier molecular flexibility index (Phi) is 7.64. The first kappa shape index (κ1) is 24.4. The number of pyridine rings is 2. The Morgan fingerprint density at radius 1 is 0.529 bits per heavy atom. The number of ketones is 2. The third-order valence-electron chi connectivity index (χ3n) is 5.25. The van der Waals surface area contributed by atoms with Gasteiger partial charge < -0.3 is 0 Å². The molecule has 0 aliphatic carbocycles. The highest BCUT2D eigenvalue weighted by atomic mass is 35.5. The van der Waals surface area contributed by atoms with Crippen LogP contribution in [0.1, 0.15) is 20.7 Å². The lowest BCUT2D eigenvalue weighted by Gasteiger charge is -2.03. The van der Waals surface area contributed by atoms with Crippen LogP contribution in [-0.4, -0.2) is 11.6 Å². The minimum atomic E-state index is -0.0660. The molecule has 0 amide bonds. The number of nitrogens with zero attached hydrogens (tertiary/aromatic N) is 2. The van der Waals surface area contributed by atoms with E-state index in [2.05, 4.69) is 0 Å². The van der Waals surface area contributed by atoms with E-state index in [-0.39, 0.29) is 24.7 Å². The Bertz CT molecular complexity index is 1260. The maximum atomic E-state index is 12.5. The van der Waals surface area contributed by atoms with Crippen molar-refractivity contribution in [1.82, 2.24) is 0 Å². The number of hydrogen-bond donors (Lipinski definition) is 0. The Labute approximate surface area is 216 Å². The zero-order valence-corrected chi connectivity index (χ0v) is 20.7. The second-order valence-electron chi connectivity index (χ2n) is 7.62. The van der Waals surface area contributed by atoms with Gasteiger partial charge in [-0.2, -0.15) is 9.13 Å². The lowest BCUT2D eigenvalue weighted by atomic mass is 10.1. The summed E-state index contributed by atoms with van der Waals surface area (Å²) in [6, 6.07) is 17.4. The molecule has 4 nitrogen and oxygen atoms in total. The minimum Gasteiger partial charge on any atom is -0.287 e. The Balaban J connectivity index is 1.40. The number of benzene rings is 2. The Morgan fingerprint density at radius 2 is 0.882 bits per heavy atom. The van der Waals surface area contributed by atoms with Crippen LogP contribution in [0.2, 0.25) is 20.1 Å². The van der Waals surface area contributed by atoms with Crippen LogP contribution in [0.5, 0.6) is 0 Å². The Hall–Kier alpha value is -2.76. The van der Waals surface area contributed by atoms with Crippen LogP contribution in [0.25, 0.3) is 11.1 Å². The molecule has 0 N–H and O–H groups in total. The van der Waals surface area contributed by atoms with E-state index >= 15 is 0 Å². The molecule has 8 heteroatoms. The van der Waals surface area contributed by atoms with Crippen molar-refractivity contribution in [2.75, 3.05) is 0 Å². The number of carbonyl (C=O) groups excluding carboxylic acids is 2. The van der Waals surface area contributed by atoms with Crippen LogP contribution in [-0.2, 0) is 13.1 Å². The van der Waals surface area contributed by atoms with Gasteiger partial charge in [0.15, 0.2) is 24.8 Å². The highest BCUT2D eigenvalue weighted by Crippen LogP contribution is 2.24. The molecule has 34 heavy (non-hydrogen) atoms. The molecule has 0 saturated carbocycles. The molecule has 0 spiro atoms. The summed E-state index contributed by atoms with van der Waals surface area (Å²) in [5.74, 6) is -0.132. The summed E-state index contributed by atoms with van der Waals surface area (Å²) in [6.45, 7) is 0.369. The monoisotopic (exact) mass is 530 g/mol. The first-order chi connectivity index (χ1) is 16.3. The van der Waals surface area contributed by atoms with Crippen LogP contribution in [0.15, 0.2) is 85.5 Å². The van der Waals surface area contributed by atoms with Crippen LogP contribution < -0.4 is 9.13 Å². The summed E-state index contributed by atoms with van der Waals surface area (Å²) in [5, 5.41) is 1.54. The largest absolute Gasteiger partial charge is 0.287 e. The third-order valence-corrected chi connectivity index (χ3v) is 6.73. The molecule has 0 atom stereocenters. The van der Waals surface area contributed by atoms with Crippen molar-refractivity contribution >= 4 is 58.0 Å². The normalized spacial score (nSPS) is 10.8. The molecule has 170 valence electrons. The first-order valence-electron chi connectivity index (χ1n) is 10.3. The molecule has 2 heterocycles. The van der Waals surface area contributed by atoms with E-state index < -0.39 is 0 Å². The molecule has 4 aromatic rings. The number of halogens is 4. The molecule has 0 radical (unpaired) electrons. The average Bonchev–Trinajstić information content (AvgIpc) is 2.83. The molecular formula is C26H18Cl4N2O2+2. The van der Waals surface area contributed by atoms with E-state index in [4.69, 9.17) is 46.4 Å². The standard InChI is InChI=1S/C26H18Cl4N2O2/c27-21-3-1-19(13-23(21)29)25(33)15-31-9-5-17(6-10-31)18-7-11-32(12-8-18)16-26(34)20-2-4-22(28)24(30)14-20/h1-14H,15-16H2/q+2. The fourth-order valence-electron chi connectivity index (χ4n) is 3.36. The van der Waals surface area contributed by atoms with Crippen LogP contribution in [0.4, 0.5) is 0 Å². The second kappa shape index (κ2) is 10.7. The lowest BCUT2D eigenvalue weighted by molar-refractivity contribution is -0.683. The number of rotatable bonds is 7. The summed E-state index contributed by atoms with van der Waals surface area (Å²) >= 11 is 23.9. The SMILES string of the molecule is O=C(C[n+]1ccc(-c2cc[n+](CC(=O)c3ccc(Cl)c(Cl)c3)cc2)cc1)c1ccc(Cl)c(Cl)c1. The van der Waals surface area contributed by atoms with Gasteiger partial charge in [0, 0.05) is 35.4 Å². The number of hydrogen-bond acceptors (Lipinski definition) is 2. The van der Waals surface area contributed by atoms with Gasteiger partial charge in [0.2, 0.25) is 24.7 Å². The fourth-order valence-corrected chi connectivity index (χ4v) is 3.96. The van der Waals surface area contributed by atoms with E-state index in [1.807, 2.05) is 49.1 Å². The zero-order valence-electron chi connectivity index (χ0n) is 17.7. The van der Waals surface area contributed by atoms with Gasteiger partial charge in [-0.05, 0) is 47.5 Å². The van der Waals surface area contributed by atoms with Gasteiger partial charge in [-0.25, -0.2) is 0 Å². The van der Waals surface area contributed by atoms with Crippen LogP contribution >= 0.6 is 46.4 Å². The van der Waals surface area contributed by atoms with Crippen molar-refractivity contribution in [2.24, 2.45) is 0 Å². The van der Waals surface area contributed by atoms with Gasteiger partial charge in [0.1, 0.15) is 0 Å². The summed E-state index contributed by atoms with van der Waals surface area (Å²) < 4.78 is 3.60. The topological polar surface area (TPSA) is 41.9 Å². The van der Waals surface area contributed by atoms with Crippen molar-refractivity contribution < 1.29 is 18.7 Å². The Morgan fingerprint density at radius 3 is 1.21 bits per heavy atom. The summed E-state index contributed by atoms with van der Waals surface area (Å²) in [4.78, 5) is 25.1. The lowest BCUT2D eigenvalue weighted by Crippen LogP contribution is -2.37. The van der Waals surface area contributed by atoms with Gasteiger partial charge in [-0.3, -0.25) is 9.59 Å². The summed E-state index contributed by atoms with van der Waals surface area (Å²) in [7, 11) is 0. The summed E-state index contributed by atoms with van der Waals surface area (Å²) in [6.07, 6.45) is 7.39. The maximum Gasteiger partial charge on any atom is 0.227 e. The van der Waals surface area contributed by atoms with Gasteiger partial charge in [0.25, 0.3) is 0 Å². The van der Waals surface area contributed by atoms with Gasteiger partial charge >= 0.3 is 0 Å². The highest BCUT2D eigenvalue weighted by Gasteiger charge is 2.16. The molecule has 4 rings (SSSR count). The van der Waals surface area contributed by atoms with E-state index in [0.29, 0.717) is 31.2 Å². The van der Waals surface area contributed by atoms with E-state index in [1.165, 1.54) is 0 Å². The minimum absolute atomic E-state index is 0.0660. The average molecular weight is 532 g/mol. The van der Waals surface area contributed by atoms with E-state index in [1.54, 1.807) is 45.5 Å². The fraction of sp³-hybridized carbons (Fsp3) is 0.0769. The first-order valence-corrected chi connectivity index (χ1v) is 11.8. The van der Waals surface area contributed by atoms with Crippen LogP contribution in [0, 0.1) is 0 Å².